The number of carbonyl (C=O) groups excluding carboxylic acids is 3. The maximum Gasteiger partial charge on any atom is 0.244 e. The van der Waals surface area contributed by atoms with E-state index in [-0.39, 0.29) is 30.2 Å². The highest BCUT2D eigenvalue weighted by molar-refractivity contribution is 6.31. The van der Waals surface area contributed by atoms with Crippen molar-refractivity contribution in [2.75, 3.05) is 19.0 Å². The van der Waals surface area contributed by atoms with Crippen LogP contribution >= 0.6 is 11.6 Å². The lowest BCUT2D eigenvalue weighted by Crippen LogP contribution is -2.38. The summed E-state index contributed by atoms with van der Waals surface area (Å²) in [5.41, 5.74) is 0.396. The maximum absolute atomic E-state index is 12.4. The molecule has 0 saturated carbocycles. The number of hydrogen-bond acceptors (Lipinski definition) is 4. The van der Waals surface area contributed by atoms with Gasteiger partial charge < -0.3 is 10.1 Å². The van der Waals surface area contributed by atoms with Gasteiger partial charge in [0.25, 0.3) is 0 Å². The van der Waals surface area contributed by atoms with Crippen molar-refractivity contribution >= 4 is 35.0 Å². The Bertz CT molecular complexity index is 705. The third kappa shape index (κ3) is 3.01. The van der Waals surface area contributed by atoms with Crippen LogP contribution in [0, 0.1) is 11.8 Å². The number of anilines is 1. The number of likely N-dealkylation sites (tertiary alicyclic amines) is 1. The van der Waals surface area contributed by atoms with Gasteiger partial charge >= 0.3 is 0 Å². The van der Waals surface area contributed by atoms with Crippen LogP contribution in [0.2, 0.25) is 5.02 Å². The molecule has 0 radical (unpaired) electrons. The third-order valence-electron chi connectivity index (χ3n) is 4.34. The Morgan fingerprint density at radius 3 is 2.46 bits per heavy atom. The zero-order valence-corrected chi connectivity index (χ0v) is 13.9. The quantitative estimate of drug-likeness (QED) is 0.668. The first-order valence-electron chi connectivity index (χ1n) is 7.65. The predicted molar refractivity (Wildman–Crippen MR) is 88.7 cm³/mol. The Balaban J connectivity index is 1.71. The Kier molecular flexibility index (Phi) is 4.57. The van der Waals surface area contributed by atoms with E-state index in [4.69, 9.17) is 16.3 Å². The summed E-state index contributed by atoms with van der Waals surface area (Å²) < 4.78 is 5.16. The molecule has 2 atom stereocenters. The first-order valence-corrected chi connectivity index (χ1v) is 8.02. The summed E-state index contributed by atoms with van der Waals surface area (Å²) in [6.45, 7) is -0.305. The van der Waals surface area contributed by atoms with Gasteiger partial charge in [0.05, 0.1) is 24.6 Å². The van der Waals surface area contributed by atoms with Gasteiger partial charge in [-0.25, -0.2) is 0 Å². The van der Waals surface area contributed by atoms with E-state index >= 15 is 0 Å². The number of methoxy groups -OCH3 is 1. The van der Waals surface area contributed by atoms with Crippen LogP contribution in [-0.2, 0) is 14.4 Å². The largest absolute Gasteiger partial charge is 0.495 e. The van der Waals surface area contributed by atoms with E-state index in [0.717, 1.165) is 4.90 Å². The minimum atomic E-state index is -0.469. The number of carbonyl (C=O) groups is 3. The van der Waals surface area contributed by atoms with Gasteiger partial charge in [-0.3, -0.25) is 19.3 Å². The number of nitrogens with zero attached hydrogens (tertiary/aromatic N) is 1. The zero-order chi connectivity index (χ0) is 17.3. The molecule has 1 aliphatic carbocycles. The van der Waals surface area contributed by atoms with E-state index in [1.807, 2.05) is 12.2 Å². The fourth-order valence-corrected chi connectivity index (χ4v) is 3.31. The second-order valence-electron chi connectivity index (χ2n) is 5.81. The van der Waals surface area contributed by atoms with Crippen LogP contribution < -0.4 is 10.1 Å². The number of nitrogens with one attached hydrogen (secondary N) is 1. The summed E-state index contributed by atoms with van der Waals surface area (Å²) >= 11 is 5.92. The molecule has 1 aromatic carbocycles. The molecular weight excluding hydrogens is 332 g/mol. The number of allylic oxidation sites excluding steroid dienone is 2. The number of hydrogen-bond donors (Lipinski definition) is 1. The lowest BCUT2D eigenvalue weighted by Gasteiger charge is -2.15. The van der Waals surface area contributed by atoms with Crippen LogP contribution in [0.15, 0.2) is 30.4 Å². The second kappa shape index (κ2) is 6.65. The summed E-state index contributed by atoms with van der Waals surface area (Å²) in [6, 6.07) is 4.82. The van der Waals surface area contributed by atoms with Gasteiger partial charge in [-0.15, -0.1) is 0 Å². The van der Waals surface area contributed by atoms with Crippen molar-refractivity contribution in [1.29, 1.82) is 0 Å². The summed E-state index contributed by atoms with van der Waals surface area (Å²) in [4.78, 5) is 38.0. The molecule has 126 valence electrons. The Hall–Kier alpha value is -2.34. The third-order valence-corrected chi connectivity index (χ3v) is 4.57. The Morgan fingerprint density at radius 1 is 1.25 bits per heavy atom. The molecule has 1 heterocycles. The van der Waals surface area contributed by atoms with Crippen LogP contribution in [0.3, 0.4) is 0 Å². The first kappa shape index (κ1) is 16.5. The van der Waals surface area contributed by atoms with Crippen molar-refractivity contribution in [3.05, 3.63) is 35.4 Å². The van der Waals surface area contributed by atoms with E-state index in [0.29, 0.717) is 29.3 Å². The molecule has 0 spiro atoms. The lowest BCUT2D eigenvalue weighted by atomic mass is 9.85. The molecule has 7 heteroatoms. The Morgan fingerprint density at radius 2 is 1.88 bits per heavy atom. The number of fused-ring (bicyclic) bond motifs is 1. The molecule has 0 aromatic heterocycles. The maximum atomic E-state index is 12.4. The van der Waals surface area contributed by atoms with Crippen molar-refractivity contribution in [3.63, 3.8) is 0 Å². The van der Waals surface area contributed by atoms with Gasteiger partial charge in [0.1, 0.15) is 12.3 Å². The molecule has 1 saturated heterocycles. The van der Waals surface area contributed by atoms with Crippen LogP contribution in [0.1, 0.15) is 12.8 Å². The smallest absolute Gasteiger partial charge is 0.244 e. The van der Waals surface area contributed by atoms with Gasteiger partial charge in [-0.1, -0.05) is 23.8 Å². The highest BCUT2D eigenvalue weighted by Crippen LogP contribution is 2.35. The van der Waals surface area contributed by atoms with E-state index in [2.05, 4.69) is 5.32 Å². The van der Waals surface area contributed by atoms with Gasteiger partial charge in [-0.05, 0) is 31.0 Å². The highest BCUT2D eigenvalue weighted by Gasteiger charge is 2.47. The molecule has 1 N–H and O–H groups in total. The number of rotatable bonds is 4. The zero-order valence-electron chi connectivity index (χ0n) is 13.1. The van der Waals surface area contributed by atoms with Crippen LogP contribution in [-0.4, -0.2) is 36.3 Å². The molecule has 6 nitrogen and oxygen atoms in total. The monoisotopic (exact) mass is 348 g/mol. The lowest BCUT2D eigenvalue weighted by molar-refractivity contribution is -0.142. The minimum Gasteiger partial charge on any atom is -0.495 e. The molecular formula is C17H17ClN2O4. The van der Waals surface area contributed by atoms with Gasteiger partial charge in [0, 0.05) is 5.02 Å². The fourth-order valence-electron chi connectivity index (χ4n) is 3.14. The SMILES string of the molecule is COc1ccc(Cl)cc1NC(=O)CN1C(=O)C2CC=CCC2C1=O. The van der Waals surface area contributed by atoms with Crippen molar-refractivity contribution < 1.29 is 19.1 Å². The highest BCUT2D eigenvalue weighted by atomic mass is 35.5. The second-order valence-corrected chi connectivity index (χ2v) is 6.25. The van der Waals surface area contributed by atoms with E-state index in [1.54, 1.807) is 18.2 Å². The normalized spacial score (nSPS) is 22.5. The molecule has 1 aromatic rings. The van der Waals surface area contributed by atoms with Crippen molar-refractivity contribution in [2.45, 2.75) is 12.8 Å². The Labute approximate surface area is 144 Å². The number of amides is 3. The molecule has 3 rings (SSSR count). The van der Waals surface area contributed by atoms with Crippen molar-refractivity contribution in [2.24, 2.45) is 11.8 Å². The summed E-state index contributed by atoms with van der Waals surface area (Å²) in [6.07, 6.45) is 4.92. The molecule has 2 aliphatic rings. The molecule has 0 bridgehead atoms. The van der Waals surface area contributed by atoms with Crippen LogP contribution in [0.4, 0.5) is 5.69 Å². The van der Waals surface area contributed by atoms with Crippen LogP contribution in [0.25, 0.3) is 0 Å². The van der Waals surface area contributed by atoms with Gasteiger partial charge in [0.2, 0.25) is 17.7 Å². The summed E-state index contributed by atoms with van der Waals surface area (Å²) in [5, 5.41) is 3.08. The van der Waals surface area contributed by atoms with E-state index in [9.17, 15) is 14.4 Å². The first-order chi connectivity index (χ1) is 11.5. The average Bonchev–Trinajstić information content (AvgIpc) is 2.80. The average molecular weight is 349 g/mol. The number of benzene rings is 1. The van der Waals surface area contributed by atoms with E-state index in [1.165, 1.54) is 7.11 Å². The molecule has 1 fully saturated rings. The van der Waals surface area contributed by atoms with Gasteiger partial charge in [-0.2, -0.15) is 0 Å². The summed E-state index contributed by atoms with van der Waals surface area (Å²) in [5.74, 6) is -1.24. The standard InChI is InChI=1S/C17H17ClN2O4/c1-24-14-7-6-10(18)8-13(14)19-15(21)9-20-16(22)11-4-2-3-5-12(11)17(20)23/h2-3,6-8,11-12H,4-5,9H2,1H3,(H,19,21). The number of halogens is 1. The predicted octanol–water partition coefficient (Wildman–Crippen LogP) is 2.24. The topological polar surface area (TPSA) is 75.7 Å². The molecule has 1 aliphatic heterocycles. The molecule has 2 unspecified atom stereocenters. The van der Waals surface area contributed by atoms with Crippen molar-refractivity contribution in [3.8, 4) is 5.75 Å². The molecule has 3 amide bonds. The fraction of sp³-hybridized carbons (Fsp3) is 0.353. The minimum absolute atomic E-state index is 0.275. The van der Waals surface area contributed by atoms with E-state index < -0.39 is 5.91 Å². The number of imide groups is 1. The number of ether oxygens (including phenoxy) is 1. The van der Waals surface area contributed by atoms with Crippen LogP contribution in [0.5, 0.6) is 5.75 Å². The van der Waals surface area contributed by atoms with Gasteiger partial charge in [0.15, 0.2) is 0 Å². The molecule has 24 heavy (non-hydrogen) atoms. The van der Waals surface area contributed by atoms with Crippen molar-refractivity contribution in [1.82, 2.24) is 4.90 Å². The summed E-state index contributed by atoms with van der Waals surface area (Å²) in [7, 11) is 1.48.